The molecular formula is C24H24N2O5S. The topological polar surface area (TPSA) is 77.4 Å². The van der Waals surface area contributed by atoms with Crippen LogP contribution in [0, 0.1) is 6.92 Å². The SMILES string of the molecule is Cc1ccc(N2C(=O)/C(=C\c3ccc4c(c3)OCO4)N=C2SCC(=O)OC(C)(C)C)cc1. The Bertz CT molecular complexity index is 1120. The number of hydrogen-bond donors (Lipinski definition) is 0. The fraction of sp³-hybridized carbons (Fsp3) is 0.292. The van der Waals surface area contributed by atoms with Gasteiger partial charge in [-0.25, -0.2) is 4.99 Å². The molecule has 0 bridgehead atoms. The van der Waals surface area contributed by atoms with Crippen LogP contribution in [0.25, 0.3) is 6.08 Å². The van der Waals surface area contributed by atoms with Crippen LogP contribution in [0.1, 0.15) is 31.9 Å². The Labute approximate surface area is 191 Å². The van der Waals surface area contributed by atoms with Crippen LogP contribution >= 0.6 is 11.8 Å². The number of aryl methyl sites for hydroxylation is 1. The Morgan fingerprint density at radius 1 is 1.16 bits per heavy atom. The maximum atomic E-state index is 13.3. The van der Waals surface area contributed by atoms with Crippen molar-refractivity contribution in [2.75, 3.05) is 17.4 Å². The van der Waals surface area contributed by atoms with Crippen LogP contribution in [0.3, 0.4) is 0 Å². The van der Waals surface area contributed by atoms with Crippen LogP contribution in [0.4, 0.5) is 5.69 Å². The van der Waals surface area contributed by atoms with E-state index in [2.05, 4.69) is 4.99 Å². The highest BCUT2D eigenvalue weighted by atomic mass is 32.2. The molecule has 7 nitrogen and oxygen atoms in total. The zero-order valence-corrected chi connectivity index (χ0v) is 19.2. The number of carbonyl (C=O) groups excluding carboxylic acids is 2. The molecule has 0 saturated carbocycles. The number of hydrogen-bond acceptors (Lipinski definition) is 7. The Hall–Kier alpha value is -3.26. The summed E-state index contributed by atoms with van der Waals surface area (Å²) in [5.41, 5.74) is 2.23. The van der Waals surface area contributed by atoms with E-state index in [1.165, 1.54) is 16.7 Å². The van der Waals surface area contributed by atoms with E-state index < -0.39 is 5.60 Å². The molecule has 0 unspecified atom stereocenters. The molecule has 0 radical (unpaired) electrons. The maximum Gasteiger partial charge on any atom is 0.316 e. The third-order valence-electron chi connectivity index (χ3n) is 4.56. The molecule has 1 amide bonds. The number of benzene rings is 2. The van der Waals surface area contributed by atoms with Crippen molar-refractivity contribution in [3.8, 4) is 11.5 Å². The number of amides is 1. The molecule has 0 aliphatic carbocycles. The molecule has 2 aromatic rings. The summed E-state index contributed by atoms with van der Waals surface area (Å²) in [5.74, 6) is 0.711. The number of ether oxygens (including phenoxy) is 3. The van der Waals surface area contributed by atoms with Gasteiger partial charge in [0.2, 0.25) is 6.79 Å². The van der Waals surface area contributed by atoms with Crippen LogP contribution < -0.4 is 14.4 Å². The molecule has 0 saturated heterocycles. The van der Waals surface area contributed by atoms with Gasteiger partial charge in [0.15, 0.2) is 16.7 Å². The van der Waals surface area contributed by atoms with E-state index in [4.69, 9.17) is 14.2 Å². The zero-order chi connectivity index (χ0) is 22.9. The number of rotatable bonds is 4. The lowest BCUT2D eigenvalue weighted by Gasteiger charge is -2.20. The second-order valence-electron chi connectivity index (χ2n) is 8.39. The van der Waals surface area contributed by atoms with Gasteiger partial charge >= 0.3 is 5.97 Å². The maximum absolute atomic E-state index is 13.3. The highest BCUT2D eigenvalue weighted by Gasteiger charge is 2.33. The third-order valence-corrected chi connectivity index (χ3v) is 5.47. The Balaban J connectivity index is 1.62. The van der Waals surface area contributed by atoms with E-state index in [1.807, 2.05) is 58.0 Å². The fourth-order valence-electron chi connectivity index (χ4n) is 3.17. The van der Waals surface area contributed by atoms with Crippen molar-refractivity contribution in [2.45, 2.75) is 33.3 Å². The predicted octanol–water partition coefficient (Wildman–Crippen LogP) is 4.54. The highest BCUT2D eigenvalue weighted by Crippen LogP contribution is 2.34. The average Bonchev–Trinajstić information content (AvgIpc) is 3.30. The monoisotopic (exact) mass is 452 g/mol. The normalized spacial score (nSPS) is 16.5. The molecule has 166 valence electrons. The number of nitrogens with zero attached hydrogens (tertiary/aromatic N) is 2. The summed E-state index contributed by atoms with van der Waals surface area (Å²) >= 11 is 1.17. The van der Waals surface area contributed by atoms with Crippen molar-refractivity contribution in [1.82, 2.24) is 0 Å². The van der Waals surface area contributed by atoms with Crippen molar-refractivity contribution in [3.05, 3.63) is 59.3 Å². The lowest BCUT2D eigenvalue weighted by atomic mass is 10.1. The van der Waals surface area contributed by atoms with Crippen LogP contribution in [0.2, 0.25) is 0 Å². The molecule has 2 aliphatic heterocycles. The molecule has 0 N–H and O–H groups in total. The Kier molecular flexibility index (Phi) is 5.97. The van der Waals surface area contributed by atoms with Gasteiger partial charge in [0, 0.05) is 0 Å². The molecule has 0 aromatic heterocycles. The van der Waals surface area contributed by atoms with Crippen molar-refractivity contribution in [1.29, 1.82) is 0 Å². The van der Waals surface area contributed by atoms with Gasteiger partial charge in [0.25, 0.3) is 5.91 Å². The summed E-state index contributed by atoms with van der Waals surface area (Å²) in [6, 6.07) is 13.0. The lowest BCUT2D eigenvalue weighted by molar-refractivity contribution is -0.151. The van der Waals surface area contributed by atoms with Crippen LogP contribution in [-0.2, 0) is 14.3 Å². The number of thioether (sulfide) groups is 1. The second kappa shape index (κ2) is 8.70. The van der Waals surface area contributed by atoms with Gasteiger partial charge in [-0.3, -0.25) is 14.5 Å². The van der Waals surface area contributed by atoms with Crippen LogP contribution in [0.15, 0.2) is 53.2 Å². The number of anilines is 1. The number of fused-ring (bicyclic) bond motifs is 1. The van der Waals surface area contributed by atoms with Gasteiger partial charge in [0.05, 0.1) is 11.4 Å². The van der Waals surface area contributed by atoms with Gasteiger partial charge in [-0.15, -0.1) is 0 Å². The summed E-state index contributed by atoms with van der Waals surface area (Å²) in [5, 5.41) is 0.428. The third kappa shape index (κ3) is 4.96. The van der Waals surface area contributed by atoms with E-state index in [0.29, 0.717) is 22.4 Å². The fourth-order valence-corrected chi connectivity index (χ4v) is 3.96. The predicted molar refractivity (Wildman–Crippen MR) is 125 cm³/mol. The van der Waals surface area contributed by atoms with Crippen molar-refractivity contribution in [3.63, 3.8) is 0 Å². The first-order chi connectivity index (χ1) is 15.2. The van der Waals surface area contributed by atoms with Gasteiger partial charge in [-0.05, 0) is 63.6 Å². The minimum absolute atomic E-state index is 0.0447. The molecule has 0 fully saturated rings. The highest BCUT2D eigenvalue weighted by molar-refractivity contribution is 8.14. The largest absolute Gasteiger partial charge is 0.459 e. The first-order valence-electron chi connectivity index (χ1n) is 10.2. The van der Waals surface area contributed by atoms with E-state index in [-0.39, 0.29) is 30.1 Å². The van der Waals surface area contributed by atoms with E-state index in [1.54, 1.807) is 18.2 Å². The van der Waals surface area contributed by atoms with Crippen molar-refractivity contribution < 1.29 is 23.8 Å². The minimum atomic E-state index is -0.577. The van der Waals surface area contributed by atoms with Crippen molar-refractivity contribution in [2.24, 2.45) is 4.99 Å². The average molecular weight is 453 g/mol. The molecule has 4 rings (SSSR count). The number of aliphatic imine (C=N–C) groups is 1. The number of carbonyl (C=O) groups is 2. The zero-order valence-electron chi connectivity index (χ0n) is 18.4. The van der Waals surface area contributed by atoms with Gasteiger partial charge < -0.3 is 14.2 Å². The lowest BCUT2D eigenvalue weighted by Crippen LogP contribution is -2.31. The van der Waals surface area contributed by atoms with E-state index >= 15 is 0 Å². The van der Waals surface area contributed by atoms with Crippen LogP contribution in [0.5, 0.6) is 11.5 Å². The summed E-state index contributed by atoms with van der Waals surface area (Å²) in [4.78, 5) is 31.6. The quantitative estimate of drug-likeness (QED) is 0.501. The molecule has 2 heterocycles. The molecule has 32 heavy (non-hydrogen) atoms. The number of amidine groups is 1. The molecule has 2 aliphatic rings. The summed E-state index contributed by atoms with van der Waals surface area (Å²) in [7, 11) is 0. The van der Waals surface area contributed by atoms with E-state index in [9.17, 15) is 9.59 Å². The summed E-state index contributed by atoms with van der Waals surface area (Å²) in [6.07, 6.45) is 1.70. The molecule has 2 aromatic carbocycles. The van der Waals surface area contributed by atoms with Gasteiger partial charge in [-0.1, -0.05) is 35.5 Å². The van der Waals surface area contributed by atoms with E-state index in [0.717, 1.165) is 11.1 Å². The summed E-state index contributed by atoms with van der Waals surface area (Å²) < 4.78 is 16.1. The first-order valence-corrected chi connectivity index (χ1v) is 11.1. The molecule has 8 heteroatoms. The minimum Gasteiger partial charge on any atom is -0.459 e. The van der Waals surface area contributed by atoms with Gasteiger partial charge in [0.1, 0.15) is 11.3 Å². The van der Waals surface area contributed by atoms with Gasteiger partial charge in [-0.2, -0.15) is 0 Å². The first kappa shape index (κ1) is 22.0. The van der Waals surface area contributed by atoms with Crippen molar-refractivity contribution >= 4 is 40.6 Å². The molecule has 0 atom stereocenters. The Morgan fingerprint density at radius 2 is 1.88 bits per heavy atom. The molecule has 0 spiro atoms. The standard InChI is InChI=1S/C24H24N2O5S/c1-15-5-8-17(9-6-15)26-22(28)18(11-16-7-10-19-20(12-16)30-14-29-19)25-23(26)32-13-21(27)31-24(2,3)4/h5-12H,13-14H2,1-4H3/b18-11+. The Morgan fingerprint density at radius 3 is 2.59 bits per heavy atom. The second-order valence-corrected chi connectivity index (χ2v) is 9.33. The molecular weight excluding hydrogens is 428 g/mol. The summed E-state index contributed by atoms with van der Waals surface area (Å²) in [6.45, 7) is 7.61. The smallest absolute Gasteiger partial charge is 0.316 e. The van der Waals surface area contributed by atoms with Crippen LogP contribution in [-0.4, -0.2) is 35.2 Å². The number of esters is 1.